The Morgan fingerprint density at radius 3 is 2.67 bits per heavy atom. The van der Waals surface area contributed by atoms with Crippen molar-refractivity contribution >= 4 is 21.1 Å². The fraction of sp³-hybridized carbons (Fsp3) is 0.500. The van der Waals surface area contributed by atoms with Gasteiger partial charge in [0, 0.05) is 21.2 Å². The summed E-state index contributed by atoms with van der Waals surface area (Å²) in [5.41, 5.74) is 1.86. The van der Waals surface area contributed by atoms with E-state index in [-0.39, 0.29) is 13.2 Å². The van der Waals surface area contributed by atoms with Gasteiger partial charge in [0.25, 0.3) is 0 Å². The first kappa shape index (κ1) is 15.9. The topological polar surface area (TPSA) is 64.4 Å². The van der Waals surface area contributed by atoms with Gasteiger partial charge in [0.15, 0.2) is 0 Å². The average Bonchev–Trinajstić information content (AvgIpc) is 2.76. The lowest BCUT2D eigenvalue weighted by Gasteiger charge is -2.21. The zero-order valence-electron chi connectivity index (χ0n) is 12.8. The van der Waals surface area contributed by atoms with Gasteiger partial charge in [0.05, 0.1) is 29.4 Å². The first-order chi connectivity index (χ1) is 9.87. The summed E-state index contributed by atoms with van der Waals surface area (Å²) in [6, 6.07) is 7.74. The molecule has 0 N–H and O–H groups in total. The summed E-state index contributed by atoms with van der Waals surface area (Å²) in [6.45, 7) is 2.06. The van der Waals surface area contributed by atoms with Gasteiger partial charge in [-0.05, 0) is 19.1 Å². The van der Waals surface area contributed by atoms with Gasteiger partial charge in [0.2, 0.25) is 10.0 Å². The SMILES string of the molecule is COC[C@@H](C)S(=O)(=O)N(C)Cc1nc2ccccc2n1C. The van der Waals surface area contributed by atoms with Gasteiger partial charge in [0.1, 0.15) is 5.82 Å². The standard InChI is InChI=1S/C14H21N3O3S/c1-11(10-20-4)21(18,19)16(2)9-14-15-12-7-5-6-8-13(12)17(14)3/h5-8,11H,9-10H2,1-4H3/t11-/m1/s1. The molecule has 7 heteroatoms. The number of para-hydroxylation sites is 2. The molecule has 1 atom stereocenters. The summed E-state index contributed by atoms with van der Waals surface area (Å²) in [5, 5.41) is -0.581. The molecule has 2 rings (SSSR count). The lowest BCUT2D eigenvalue weighted by Crippen LogP contribution is -2.37. The van der Waals surface area contributed by atoms with E-state index in [1.165, 1.54) is 11.4 Å². The molecule has 116 valence electrons. The summed E-state index contributed by atoms with van der Waals surface area (Å²) in [6.07, 6.45) is 0. The molecule has 0 saturated carbocycles. The largest absolute Gasteiger partial charge is 0.383 e. The van der Waals surface area contributed by atoms with Crippen LogP contribution in [0.4, 0.5) is 0 Å². The number of ether oxygens (including phenoxy) is 1. The van der Waals surface area contributed by atoms with E-state index in [0.29, 0.717) is 5.82 Å². The van der Waals surface area contributed by atoms with Crippen molar-refractivity contribution in [1.82, 2.24) is 13.9 Å². The Morgan fingerprint density at radius 1 is 1.38 bits per heavy atom. The summed E-state index contributed by atoms with van der Waals surface area (Å²) in [4.78, 5) is 4.50. The Morgan fingerprint density at radius 2 is 2.05 bits per heavy atom. The molecule has 0 fully saturated rings. The molecule has 0 unspecified atom stereocenters. The molecular formula is C14H21N3O3S. The molecule has 0 amide bonds. The number of nitrogens with zero attached hydrogens (tertiary/aromatic N) is 3. The summed E-state index contributed by atoms with van der Waals surface area (Å²) < 4.78 is 32.9. The minimum Gasteiger partial charge on any atom is -0.383 e. The molecule has 2 aromatic rings. The smallest absolute Gasteiger partial charge is 0.219 e. The van der Waals surface area contributed by atoms with E-state index in [1.54, 1.807) is 14.0 Å². The van der Waals surface area contributed by atoms with Crippen LogP contribution in [0.3, 0.4) is 0 Å². The van der Waals surface area contributed by atoms with E-state index < -0.39 is 15.3 Å². The third-order valence-corrected chi connectivity index (χ3v) is 5.74. The number of imidazole rings is 1. The van der Waals surface area contributed by atoms with Gasteiger partial charge < -0.3 is 9.30 Å². The average molecular weight is 311 g/mol. The second kappa shape index (κ2) is 6.13. The lowest BCUT2D eigenvalue weighted by atomic mass is 10.3. The highest BCUT2D eigenvalue weighted by Crippen LogP contribution is 2.17. The molecule has 1 heterocycles. The quantitative estimate of drug-likeness (QED) is 0.808. The van der Waals surface area contributed by atoms with E-state index in [1.807, 2.05) is 35.9 Å². The lowest BCUT2D eigenvalue weighted by molar-refractivity contribution is 0.198. The highest BCUT2D eigenvalue weighted by Gasteiger charge is 2.27. The summed E-state index contributed by atoms with van der Waals surface area (Å²) in [5.74, 6) is 0.715. The molecule has 0 spiro atoms. The van der Waals surface area contributed by atoms with Crippen molar-refractivity contribution in [2.45, 2.75) is 18.7 Å². The molecule has 6 nitrogen and oxygen atoms in total. The minimum atomic E-state index is -3.40. The number of methoxy groups -OCH3 is 1. The fourth-order valence-electron chi connectivity index (χ4n) is 2.25. The van der Waals surface area contributed by atoms with Crippen LogP contribution in [0.15, 0.2) is 24.3 Å². The molecular weight excluding hydrogens is 290 g/mol. The minimum absolute atomic E-state index is 0.176. The Bertz CT molecular complexity index is 724. The van der Waals surface area contributed by atoms with Crippen LogP contribution >= 0.6 is 0 Å². The first-order valence-electron chi connectivity index (χ1n) is 6.72. The van der Waals surface area contributed by atoms with Crippen LogP contribution in [0.25, 0.3) is 11.0 Å². The molecule has 0 aliphatic carbocycles. The summed E-state index contributed by atoms with van der Waals surface area (Å²) in [7, 11) is 1.56. The monoisotopic (exact) mass is 311 g/mol. The second-order valence-electron chi connectivity index (χ2n) is 5.14. The van der Waals surface area contributed by atoms with E-state index >= 15 is 0 Å². The van der Waals surface area contributed by atoms with Crippen molar-refractivity contribution < 1.29 is 13.2 Å². The maximum absolute atomic E-state index is 12.4. The number of sulfonamides is 1. The van der Waals surface area contributed by atoms with Gasteiger partial charge in [-0.2, -0.15) is 4.31 Å². The Kier molecular flexibility index (Phi) is 4.65. The van der Waals surface area contributed by atoms with E-state index in [9.17, 15) is 8.42 Å². The van der Waals surface area contributed by atoms with Gasteiger partial charge in [-0.1, -0.05) is 12.1 Å². The number of benzene rings is 1. The van der Waals surface area contributed by atoms with Crippen molar-refractivity contribution in [2.24, 2.45) is 7.05 Å². The predicted molar refractivity (Wildman–Crippen MR) is 82.4 cm³/mol. The van der Waals surface area contributed by atoms with Crippen molar-refractivity contribution in [3.8, 4) is 0 Å². The molecule has 1 aromatic carbocycles. The van der Waals surface area contributed by atoms with Crippen LogP contribution in [0.2, 0.25) is 0 Å². The van der Waals surface area contributed by atoms with E-state index in [4.69, 9.17) is 4.74 Å². The predicted octanol–water partition coefficient (Wildman–Crippen LogP) is 1.37. The normalized spacial score (nSPS) is 14.0. The number of rotatable bonds is 6. The zero-order chi connectivity index (χ0) is 15.6. The number of hydrogen-bond donors (Lipinski definition) is 0. The molecule has 1 aromatic heterocycles. The number of aryl methyl sites for hydroxylation is 1. The van der Waals surface area contributed by atoms with Gasteiger partial charge >= 0.3 is 0 Å². The highest BCUT2D eigenvalue weighted by molar-refractivity contribution is 7.89. The van der Waals surface area contributed by atoms with Gasteiger partial charge in [-0.25, -0.2) is 13.4 Å². The van der Waals surface area contributed by atoms with E-state index in [0.717, 1.165) is 11.0 Å². The third-order valence-electron chi connectivity index (χ3n) is 3.59. The van der Waals surface area contributed by atoms with E-state index in [2.05, 4.69) is 4.98 Å². The maximum Gasteiger partial charge on any atom is 0.219 e. The summed E-state index contributed by atoms with van der Waals surface area (Å²) >= 11 is 0. The molecule has 0 radical (unpaired) electrons. The number of fused-ring (bicyclic) bond motifs is 1. The molecule has 0 saturated heterocycles. The fourth-order valence-corrected chi connectivity index (χ4v) is 3.47. The number of hydrogen-bond acceptors (Lipinski definition) is 4. The Hall–Kier alpha value is -1.44. The Balaban J connectivity index is 2.25. The van der Waals surface area contributed by atoms with Crippen molar-refractivity contribution in [2.75, 3.05) is 20.8 Å². The molecule has 0 aliphatic heterocycles. The van der Waals surface area contributed by atoms with Crippen LogP contribution in [0.5, 0.6) is 0 Å². The molecule has 21 heavy (non-hydrogen) atoms. The van der Waals surface area contributed by atoms with Crippen molar-refractivity contribution in [3.05, 3.63) is 30.1 Å². The zero-order valence-corrected chi connectivity index (χ0v) is 13.6. The van der Waals surface area contributed by atoms with Gasteiger partial charge in [-0.3, -0.25) is 0 Å². The first-order valence-corrected chi connectivity index (χ1v) is 8.22. The Labute approximate surface area is 125 Å². The van der Waals surface area contributed by atoms with Crippen LogP contribution < -0.4 is 0 Å². The van der Waals surface area contributed by atoms with Gasteiger partial charge in [-0.15, -0.1) is 0 Å². The van der Waals surface area contributed by atoms with Crippen LogP contribution in [-0.2, 0) is 28.4 Å². The third kappa shape index (κ3) is 3.09. The van der Waals surface area contributed by atoms with Crippen molar-refractivity contribution in [3.63, 3.8) is 0 Å². The second-order valence-corrected chi connectivity index (χ2v) is 7.60. The van der Waals surface area contributed by atoms with Crippen LogP contribution in [-0.4, -0.2) is 48.3 Å². The van der Waals surface area contributed by atoms with Crippen LogP contribution in [0.1, 0.15) is 12.7 Å². The maximum atomic E-state index is 12.4. The van der Waals surface area contributed by atoms with Crippen molar-refractivity contribution in [1.29, 1.82) is 0 Å². The van der Waals surface area contributed by atoms with Crippen LogP contribution in [0, 0.1) is 0 Å². The number of aromatic nitrogens is 2. The molecule has 0 bridgehead atoms. The molecule has 0 aliphatic rings. The highest BCUT2D eigenvalue weighted by atomic mass is 32.2.